The second-order valence-electron chi connectivity index (χ2n) is 12.7. The van der Waals surface area contributed by atoms with Crippen LogP contribution in [0.3, 0.4) is 0 Å². The molecule has 3 saturated carbocycles. The summed E-state index contributed by atoms with van der Waals surface area (Å²) in [7, 11) is -4.67. The largest absolute Gasteiger partial charge is 1.00 e. The average molecular weight is 505 g/mol. The van der Waals surface area contributed by atoms with E-state index in [1.807, 2.05) is 13.8 Å². The van der Waals surface area contributed by atoms with E-state index in [1.54, 1.807) is 0 Å². The zero-order valence-corrected chi connectivity index (χ0v) is 25.1. The van der Waals surface area contributed by atoms with Gasteiger partial charge in [-0.05, 0) is 111 Å². The molecule has 0 aromatic heterocycles. The maximum atomic E-state index is 11.2. The van der Waals surface area contributed by atoms with Crippen molar-refractivity contribution in [2.75, 3.05) is 0 Å². The third-order valence-electron chi connectivity index (χ3n) is 10.7. The molecule has 0 amide bonds. The number of hydrogen-bond acceptors (Lipinski definition) is 5. The van der Waals surface area contributed by atoms with Crippen molar-refractivity contribution in [2.45, 2.75) is 111 Å². The number of aliphatic hydroxyl groups is 1. The smallest absolute Gasteiger partial charge is 0.726 e. The third-order valence-corrected chi connectivity index (χ3v) is 11.2. The van der Waals surface area contributed by atoms with Gasteiger partial charge < -0.3 is 9.66 Å². The number of fused-ring (bicyclic) bond motifs is 5. The summed E-state index contributed by atoms with van der Waals surface area (Å²) in [6, 6.07) is 0. The summed E-state index contributed by atoms with van der Waals surface area (Å²) in [6.45, 7) is 11.2. The van der Waals surface area contributed by atoms with Crippen LogP contribution in [0.4, 0.5) is 0 Å². The Morgan fingerprint density at radius 2 is 1.79 bits per heavy atom. The molecule has 1 N–H and O–H groups in total. The fraction of sp³-hybridized carbons (Fsp3) is 0.926. The van der Waals surface area contributed by atoms with Gasteiger partial charge in [-0.2, -0.15) is 0 Å². The van der Waals surface area contributed by atoms with Crippen LogP contribution in [0.2, 0.25) is 0 Å². The first kappa shape index (κ1) is 29.1. The van der Waals surface area contributed by atoms with E-state index in [2.05, 4.69) is 26.8 Å². The first-order valence-corrected chi connectivity index (χ1v) is 14.7. The van der Waals surface area contributed by atoms with Crippen molar-refractivity contribution in [3.63, 3.8) is 0 Å². The van der Waals surface area contributed by atoms with Gasteiger partial charge in [0.1, 0.15) is 0 Å². The molecule has 0 aromatic rings. The summed E-state index contributed by atoms with van der Waals surface area (Å²) in [5, 5.41) is 10.2. The van der Waals surface area contributed by atoms with Crippen molar-refractivity contribution < 1.29 is 51.8 Å². The first-order chi connectivity index (χ1) is 15.3. The zero-order chi connectivity index (χ0) is 24.2. The first-order valence-electron chi connectivity index (χ1n) is 13.4. The predicted molar refractivity (Wildman–Crippen MR) is 129 cm³/mol. The molecule has 0 unspecified atom stereocenters. The topological polar surface area (TPSA) is 86.7 Å². The Labute approximate surface area is 230 Å². The Balaban J connectivity index is 0.00000324. The molecule has 3 fully saturated rings. The van der Waals surface area contributed by atoms with Crippen molar-refractivity contribution in [1.29, 1.82) is 0 Å². The minimum Gasteiger partial charge on any atom is -0.726 e. The number of aliphatic hydroxyl groups excluding tert-OH is 1. The van der Waals surface area contributed by atoms with E-state index < -0.39 is 16.5 Å². The van der Waals surface area contributed by atoms with Gasteiger partial charge in [0.05, 0.1) is 12.2 Å². The number of allylic oxidation sites excluding steroid dienone is 1. The molecule has 34 heavy (non-hydrogen) atoms. The number of hydrogen-bond donors (Lipinski definition) is 1. The van der Waals surface area contributed by atoms with Crippen LogP contribution in [-0.2, 0) is 14.6 Å². The van der Waals surface area contributed by atoms with Crippen LogP contribution in [0.15, 0.2) is 11.6 Å². The molecular weight excluding hydrogens is 459 g/mol. The minimum absolute atomic E-state index is 0. The van der Waals surface area contributed by atoms with Gasteiger partial charge in [-0.25, -0.2) is 8.42 Å². The van der Waals surface area contributed by atoms with Crippen LogP contribution >= 0.6 is 0 Å². The molecule has 4 rings (SSSR count). The van der Waals surface area contributed by atoms with Gasteiger partial charge in [-0.1, -0.05) is 46.3 Å². The van der Waals surface area contributed by atoms with Crippen molar-refractivity contribution in [3.8, 4) is 0 Å². The van der Waals surface area contributed by atoms with Gasteiger partial charge in [-0.15, -0.1) is 0 Å². The molecule has 5 nitrogen and oxygen atoms in total. The summed E-state index contributed by atoms with van der Waals surface area (Å²) in [5.74, 6) is 3.39. The summed E-state index contributed by atoms with van der Waals surface area (Å²) in [6.07, 6.45) is 12.6. The normalized spacial score (nSPS) is 41.5. The third kappa shape index (κ3) is 5.54. The standard InChI is InChI=1S/C27H46O5S.Na/c1-17(2)25(32-33(29,30)31)11-6-18(3)22-9-10-23-21-8-7-19-16-20(28)12-14-26(19,4)24(21)13-15-27(22,23)5;/h7,17-18,20-25,28H,6,8-16H2,1-5H3,(H,29,30,31);/q;+1/p-1/t18-,20+,21+,22-,23+,24+,25+,26+,27-;/m1./s1. The fourth-order valence-electron chi connectivity index (χ4n) is 8.89. The molecule has 0 radical (unpaired) electrons. The second kappa shape index (κ2) is 10.7. The molecule has 4 aliphatic rings. The van der Waals surface area contributed by atoms with E-state index in [9.17, 15) is 18.1 Å². The Kier molecular flexibility index (Phi) is 9.21. The Morgan fingerprint density at radius 1 is 1.09 bits per heavy atom. The Hall–Kier alpha value is 0.570. The molecule has 0 saturated heterocycles. The van der Waals surface area contributed by atoms with Gasteiger partial charge in [0.15, 0.2) is 0 Å². The molecule has 0 aliphatic heterocycles. The summed E-state index contributed by atoms with van der Waals surface area (Å²) in [4.78, 5) is 0. The SMILES string of the molecule is CC(C)[C@H](CC[C@@H](C)[C@H]1CC[C@H]2[C@@H]3CC=C4C[C@@H](O)CC[C@]4(C)[C@H]3CC[C@]12C)OS(=O)(=O)[O-].[Na+]. The molecule has 7 heteroatoms. The summed E-state index contributed by atoms with van der Waals surface area (Å²) in [5.41, 5.74) is 2.15. The maximum Gasteiger partial charge on any atom is 1.00 e. The van der Waals surface area contributed by atoms with Gasteiger partial charge >= 0.3 is 29.6 Å². The second-order valence-corrected chi connectivity index (χ2v) is 13.7. The molecule has 0 aromatic carbocycles. The van der Waals surface area contributed by atoms with E-state index in [-0.39, 0.29) is 47.0 Å². The van der Waals surface area contributed by atoms with Gasteiger partial charge in [0.25, 0.3) is 0 Å². The Bertz CT molecular complexity index is 857. The molecule has 0 spiro atoms. The van der Waals surface area contributed by atoms with E-state index >= 15 is 0 Å². The molecular formula is C27H45NaO5S. The monoisotopic (exact) mass is 504 g/mol. The predicted octanol–water partition coefficient (Wildman–Crippen LogP) is 2.85. The van der Waals surface area contributed by atoms with Crippen molar-refractivity contribution in [2.24, 2.45) is 46.3 Å². The van der Waals surface area contributed by atoms with Crippen LogP contribution in [-0.4, -0.2) is 30.3 Å². The van der Waals surface area contributed by atoms with Gasteiger partial charge in [-0.3, -0.25) is 4.18 Å². The summed E-state index contributed by atoms with van der Waals surface area (Å²) >= 11 is 0. The molecule has 4 aliphatic carbocycles. The average Bonchev–Trinajstić information content (AvgIpc) is 3.07. The van der Waals surface area contributed by atoms with E-state index in [1.165, 1.54) is 37.7 Å². The Morgan fingerprint density at radius 3 is 2.44 bits per heavy atom. The van der Waals surface area contributed by atoms with Crippen LogP contribution < -0.4 is 29.6 Å². The quantitative estimate of drug-likeness (QED) is 0.249. The van der Waals surface area contributed by atoms with Crippen LogP contribution in [0.1, 0.15) is 98.8 Å². The van der Waals surface area contributed by atoms with Crippen LogP contribution in [0.25, 0.3) is 0 Å². The zero-order valence-electron chi connectivity index (χ0n) is 22.3. The van der Waals surface area contributed by atoms with Crippen molar-refractivity contribution in [1.82, 2.24) is 0 Å². The van der Waals surface area contributed by atoms with Crippen LogP contribution in [0, 0.1) is 46.3 Å². The molecule has 190 valence electrons. The molecule has 9 atom stereocenters. The van der Waals surface area contributed by atoms with E-state index in [4.69, 9.17) is 4.18 Å². The van der Waals surface area contributed by atoms with E-state index in [0.29, 0.717) is 23.7 Å². The molecule has 0 bridgehead atoms. The maximum absolute atomic E-state index is 11.2. The molecule has 0 heterocycles. The minimum atomic E-state index is -4.67. The van der Waals surface area contributed by atoms with Crippen molar-refractivity contribution in [3.05, 3.63) is 11.6 Å². The fourth-order valence-corrected chi connectivity index (χ4v) is 9.51. The van der Waals surface area contributed by atoms with Gasteiger partial charge in [0.2, 0.25) is 10.4 Å². The van der Waals surface area contributed by atoms with E-state index in [0.717, 1.165) is 43.4 Å². The van der Waals surface area contributed by atoms with Crippen molar-refractivity contribution >= 4 is 10.4 Å². The van der Waals surface area contributed by atoms with Crippen LogP contribution in [0.5, 0.6) is 0 Å². The number of rotatable bonds is 7. The summed E-state index contributed by atoms with van der Waals surface area (Å²) < 4.78 is 38.4. The van der Waals surface area contributed by atoms with Gasteiger partial charge in [0, 0.05) is 0 Å².